The molecule has 0 heterocycles. The second kappa shape index (κ2) is 11.4. The minimum atomic E-state index is -4.33. The van der Waals surface area contributed by atoms with Crippen LogP contribution in [-0.4, -0.2) is 31.8 Å². The van der Waals surface area contributed by atoms with Gasteiger partial charge in [-0.05, 0) is 30.5 Å². The Hall–Kier alpha value is -1.19. The van der Waals surface area contributed by atoms with Crippen molar-refractivity contribution in [1.82, 2.24) is 10.6 Å². The fourth-order valence-corrected chi connectivity index (χ4v) is 1.67. The molecule has 1 aromatic rings. The molecule has 0 unspecified atom stereocenters. The molecule has 0 radical (unpaired) electrons. The summed E-state index contributed by atoms with van der Waals surface area (Å²) in [5, 5.41) is 6.37. The first-order valence-electron chi connectivity index (χ1n) is 7.61. The summed E-state index contributed by atoms with van der Waals surface area (Å²) in [4.78, 5) is 4.44. The van der Waals surface area contributed by atoms with Gasteiger partial charge < -0.3 is 15.4 Å². The minimum absolute atomic E-state index is 0. The van der Waals surface area contributed by atoms with Crippen molar-refractivity contribution >= 4 is 29.9 Å². The molecule has 138 valence electrons. The number of rotatable bonds is 7. The van der Waals surface area contributed by atoms with Gasteiger partial charge in [0.05, 0.1) is 6.54 Å². The lowest BCUT2D eigenvalue weighted by molar-refractivity contribution is -0.153. The summed E-state index contributed by atoms with van der Waals surface area (Å²) >= 11 is 0. The second-order valence-electron chi connectivity index (χ2n) is 5.52. The number of aliphatic imine (C=N–C) groups is 1. The van der Waals surface area contributed by atoms with Crippen molar-refractivity contribution in [3.8, 4) is 5.75 Å². The van der Waals surface area contributed by atoms with E-state index in [1.807, 2.05) is 6.92 Å². The molecule has 0 aliphatic rings. The van der Waals surface area contributed by atoms with Gasteiger partial charge in [-0.2, -0.15) is 13.2 Å². The summed E-state index contributed by atoms with van der Waals surface area (Å²) in [5.41, 5.74) is 0.895. The summed E-state index contributed by atoms with van der Waals surface area (Å²) in [6, 6.07) is 6.46. The van der Waals surface area contributed by atoms with Gasteiger partial charge in [0.1, 0.15) is 5.75 Å². The van der Waals surface area contributed by atoms with Crippen molar-refractivity contribution < 1.29 is 17.9 Å². The molecule has 24 heavy (non-hydrogen) atoms. The predicted octanol–water partition coefficient (Wildman–Crippen LogP) is 3.96. The zero-order valence-corrected chi connectivity index (χ0v) is 16.4. The number of benzene rings is 1. The average molecular weight is 459 g/mol. The van der Waals surface area contributed by atoms with Gasteiger partial charge in [-0.3, -0.25) is 0 Å². The molecule has 0 amide bonds. The zero-order valence-electron chi connectivity index (χ0n) is 14.1. The topological polar surface area (TPSA) is 45.7 Å². The fourth-order valence-electron chi connectivity index (χ4n) is 1.67. The maximum atomic E-state index is 12.1. The molecule has 0 saturated heterocycles. The third-order valence-corrected chi connectivity index (χ3v) is 2.77. The summed E-state index contributed by atoms with van der Waals surface area (Å²) in [5.74, 6) is 1.42. The lowest BCUT2D eigenvalue weighted by Gasteiger charge is -2.13. The number of guanidine groups is 1. The maximum Gasteiger partial charge on any atom is 0.422 e. The van der Waals surface area contributed by atoms with Gasteiger partial charge in [0.2, 0.25) is 0 Å². The van der Waals surface area contributed by atoms with E-state index in [1.54, 1.807) is 12.1 Å². The molecule has 4 nitrogen and oxygen atoms in total. The predicted molar refractivity (Wildman–Crippen MR) is 101 cm³/mol. The number of alkyl halides is 3. The third kappa shape index (κ3) is 10.6. The molecule has 0 fully saturated rings. The van der Waals surface area contributed by atoms with Gasteiger partial charge in [0.25, 0.3) is 0 Å². The van der Waals surface area contributed by atoms with Crippen molar-refractivity contribution in [1.29, 1.82) is 0 Å². The van der Waals surface area contributed by atoms with Gasteiger partial charge in [0, 0.05) is 13.1 Å². The van der Waals surface area contributed by atoms with Crippen LogP contribution in [0, 0.1) is 5.92 Å². The van der Waals surface area contributed by atoms with E-state index in [2.05, 4.69) is 34.2 Å². The lowest BCUT2D eigenvalue weighted by Crippen LogP contribution is -2.39. The molecule has 0 aromatic heterocycles. The minimum Gasteiger partial charge on any atom is -0.484 e. The van der Waals surface area contributed by atoms with Crippen LogP contribution in [0.1, 0.15) is 26.3 Å². The highest BCUT2D eigenvalue weighted by atomic mass is 127. The number of hydrogen-bond donors (Lipinski definition) is 2. The van der Waals surface area contributed by atoms with Crippen LogP contribution in [0.3, 0.4) is 0 Å². The van der Waals surface area contributed by atoms with Crippen molar-refractivity contribution in [2.45, 2.75) is 33.5 Å². The molecular weight excluding hydrogens is 434 g/mol. The molecule has 2 N–H and O–H groups in total. The Morgan fingerprint density at radius 3 is 2.29 bits per heavy atom. The van der Waals surface area contributed by atoms with E-state index in [0.29, 0.717) is 12.5 Å². The zero-order chi connectivity index (χ0) is 17.3. The van der Waals surface area contributed by atoms with Crippen LogP contribution in [0.15, 0.2) is 29.3 Å². The molecule has 8 heteroatoms. The smallest absolute Gasteiger partial charge is 0.422 e. The highest BCUT2D eigenvalue weighted by molar-refractivity contribution is 14.0. The van der Waals surface area contributed by atoms with Crippen molar-refractivity contribution in [2.75, 3.05) is 19.7 Å². The second-order valence-corrected chi connectivity index (χ2v) is 5.52. The van der Waals surface area contributed by atoms with Crippen LogP contribution in [0.4, 0.5) is 13.2 Å². The largest absolute Gasteiger partial charge is 0.484 e. The molecule has 0 aliphatic carbocycles. The number of halogens is 4. The van der Waals surface area contributed by atoms with Crippen molar-refractivity contribution in [2.24, 2.45) is 10.9 Å². The molecule has 0 spiro atoms. The SMILES string of the molecule is CCNC(=NCc1ccc(OCC(F)(F)F)cc1)NCC(C)C.I. The van der Waals surface area contributed by atoms with E-state index in [9.17, 15) is 13.2 Å². The highest BCUT2D eigenvalue weighted by Gasteiger charge is 2.28. The Bertz CT molecular complexity index is 490. The van der Waals surface area contributed by atoms with E-state index < -0.39 is 12.8 Å². The Morgan fingerprint density at radius 1 is 1.17 bits per heavy atom. The first kappa shape index (κ1) is 22.8. The van der Waals surface area contributed by atoms with Crippen molar-refractivity contribution in [3.63, 3.8) is 0 Å². The van der Waals surface area contributed by atoms with Crippen LogP contribution in [0.5, 0.6) is 5.75 Å². The highest BCUT2D eigenvalue weighted by Crippen LogP contribution is 2.19. The number of nitrogens with one attached hydrogen (secondary N) is 2. The van der Waals surface area contributed by atoms with E-state index >= 15 is 0 Å². The van der Waals surface area contributed by atoms with E-state index in [-0.39, 0.29) is 29.7 Å². The van der Waals surface area contributed by atoms with Gasteiger partial charge in [-0.1, -0.05) is 26.0 Å². The van der Waals surface area contributed by atoms with E-state index in [4.69, 9.17) is 0 Å². The quantitative estimate of drug-likeness (QED) is 0.369. The van der Waals surface area contributed by atoms with Gasteiger partial charge >= 0.3 is 6.18 Å². The summed E-state index contributed by atoms with van der Waals surface area (Å²) in [6.07, 6.45) is -4.33. The van der Waals surface area contributed by atoms with Gasteiger partial charge in [-0.25, -0.2) is 4.99 Å². The maximum absolute atomic E-state index is 12.1. The first-order valence-corrected chi connectivity index (χ1v) is 7.61. The molecule has 1 rings (SSSR count). The summed E-state index contributed by atoms with van der Waals surface area (Å²) in [7, 11) is 0. The van der Waals surface area contributed by atoms with E-state index in [1.165, 1.54) is 12.1 Å². The Morgan fingerprint density at radius 2 is 1.79 bits per heavy atom. The standard InChI is InChI=1S/C16H24F3N3O.HI/c1-4-20-15(21-9-12(2)3)22-10-13-5-7-14(8-6-13)23-11-16(17,18)19;/h5-8,12H,4,9-11H2,1-3H3,(H2,20,21,22);1H. The van der Waals surface area contributed by atoms with E-state index in [0.717, 1.165) is 24.6 Å². The fraction of sp³-hybridized carbons (Fsp3) is 0.562. The van der Waals surface area contributed by atoms with Crippen LogP contribution < -0.4 is 15.4 Å². The number of nitrogens with zero attached hydrogens (tertiary/aromatic N) is 1. The monoisotopic (exact) mass is 459 g/mol. The van der Waals surface area contributed by atoms with Crippen LogP contribution in [0.2, 0.25) is 0 Å². The Labute approximate surface area is 158 Å². The molecule has 0 aliphatic heterocycles. The molecule has 0 atom stereocenters. The molecule has 0 saturated carbocycles. The first-order chi connectivity index (χ1) is 10.8. The molecular formula is C16H25F3IN3O. The summed E-state index contributed by atoms with van der Waals surface area (Å²) < 4.78 is 40.9. The van der Waals surface area contributed by atoms with Gasteiger partial charge in [-0.15, -0.1) is 24.0 Å². The van der Waals surface area contributed by atoms with Crippen LogP contribution in [0.25, 0.3) is 0 Å². The van der Waals surface area contributed by atoms with Gasteiger partial charge in [0.15, 0.2) is 12.6 Å². The molecule has 1 aromatic carbocycles. The Balaban J connectivity index is 0.00000529. The third-order valence-electron chi connectivity index (χ3n) is 2.77. The van der Waals surface area contributed by atoms with Crippen LogP contribution >= 0.6 is 24.0 Å². The van der Waals surface area contributed by atoms with Crippen LogP contribution in [-0.2, 0) is 6.54 Å². The van der Waals surface area contributed by atoms with Crippen molar-refractivity contribution in [3.05, 3.63) is 29.8 Å². The average Bonchev–Trinajstić information content (AvgIpc) is 2.48. The lowest BCUT2D eigenvalue weighted by atomic mass is 10.2. The Kier molecular flexibility index (Phi) is 10.8. The normalized spacial score (nSPS) is 11.9. The molecule has 0 bridgehead atoms. The summed E-state index contributed by atoms with van der Waals surface area (Å²) in [6.45, 7) is 6.93. The number of hydrogen-bond acceptors (Lipinski definition) is 2. The number of ether oxygens (including phenoxy) is 1.